The SMILES string of the molecule is Cc1c(C(=O)N[C@H](C(N)=O)C(C)C)nn(-c2ccccc2)c1-n1cccc1. The molecule has 3 aromatic rings. The van der Waals surface area contributed by atoms with E-state index in [4.69, 9.17) is 5.73 Å². The lowest BCUT2D eigenvalue weighted by Crippen LogP contribution is -2.47. The highest BCUT2D eigenvalue weighted by molar-refractivity contribution is 5.97. The molecule has 0 aliphatic rings. The molecule has 0 aliphatic heterocycles. The van der Waals surface area contributed by atoms with Gasteiger partial charge in [0.1, 0.15) is 11.9 Å². The van der Waals surface area contributed by atoms with Crippen LogP contribution in [0.25, 0.3) is 11.5 Å². The van der Waals surface area contributed by atoms with Gasteiger partial charge in [0.15, 0.2) is 5.69 Å². The summed E-state index contributed by atoms with van der Waals surface area (Å²) in [6.45, 7) is 5.50. The maximum absolute atomic E-state index is 12.8. The Balaban J connectivity index is 2.07. The van der Waals surface area contributed by atoms with Crippen molar-refractivity contribution in [3.8, 4) is 11.5 Å². The van der Waals surface area contributed by atoms with Gasteiger partial charge in [-0.1, -0.05) is 32.0 Å². The molecule has 3 rings (SSSR count). The second-order valence-corrected chi connectivity index (χ2v) is 6.73. The molecule has 140 valence electrons. The van der Waals surface area contributed by atoms with Crippen LogP contribution in [0.4, 0.5) is 0 Å². The Morgan fingerprint density at radius 1 is 1.07 bits per heavy atom. The second kappa shape index (κ2) is 7.49. The Morgan fingerprint density at radius 3 is 2.26 bits per heavy atom. The summed E-state index contributed by atoms with van der Waals surface area (Å²) in [5, 5.41) is 7.25. The molecule has 0 radical (unpaired) electrons. The molecule has 2 amide bonds. The standard InChI is InChI=1S/C20H23N5O2/c1-13(2)16(18(21)26)22-19(27)17-14(3)20(24-11-7-8-12-24)25(23-17)15-9-5-4-6-10-15/h4-13,16H,1-3H3,(H2,21,26)(H,22,27)/t16-/m0/s1. The molecule has 0 saturated carbocycles. The predicted molar refractivity (Wildman–Crippen MR) is 103 cm³/mol. The van der Waals surface area contributed by atoms with Crippen LogP contribution in [0, 0.1) is 12.8 Å². The normalized spacial score (nSPS) is 12.1. The fourth-order valence-corrected chi connectivity index (χ4v) is 3.01. The number of nitrogens with zero attached hydrogens (tertiary/aromatic N) is 3. The molecule has 0 saturated heterocycles. The van der Waals surface area contributed by atoms with Crippen LogP contribution < -0.4 is 11.1 Å². The van der Waals surface area contributed by atoms with E-state index in [0.717, 1.165) is 11.5 Å². The van der Waals surface area contributed by atoms with Crippen LogP contribution in [0.1, 0.15) is 29.9 Å². The van der Waals surface area contributed by atoms with Gasteiger partial charge in [0.25, 0.3) is 5.91 Å². The number of hydrogen-bond acceptors (Lipinski definition) is 3. The number of amides is 2. The van der Waals surface area contributed by atoms with Gasteiger partial charge >= 0.3 is 0 Å². The minimum Gasteiger partial charge on any atom is -0.368 e. The molecule has 1 atom stereocenters. The first-order chi connectivity index (χ1) is 12.9. The predicted octanol–water partition coefficient (Wildman–Crippen LogP) is 2.21. The fraction of sp³-hybridized carbons (Fsp3) is 0.250. The molecular weight excluding hydrogens is 342 g/mol. The Labute approximate surface area is 157 Å². The third-order valence-corrected chi connectivity index (χ3v) is 4.42. The fourth-order valence-electron chi connectivity index (χ4n) is 3.01. The molecule has 3 N–H and O–H groups in total. The Bertz CT molecular complexity index is 942. The number of hydrogen-bond donors (Lipinski definition) is 2. The van der Waals surface area contributed by atoms with E-state index in [1.165, 1.54) is 0 Å². The number of nitrogens with two attached hydrogens (primary N) is 1. The molecule has 2 aromatic heterocycles. The summed E-state index contributed by atoms with van der Waals surface area (Å²) in [6, 6.07) is 12.6. The summed E-state index contributed by atoms with van der Waals surface area (Å²) in [7, 11) is 0. The first-order valence-electron chi connectivity index (χ1n) is 8.78. The highest BCUT2D eigenvalue weighted by Gasteiger charge is 2.27. The van der Waals surface area contributed by atoms with Gasteiger partial charge in [-0.3, -0.25) is 9.59 Å². The van der Waals surface area contributed by atoms with Crippen LogP contribution in [0.5, 0.6) is 0 Å². The van der Waals surface area contributed by atoms with E-state index in [-0.39, 0.29) is 11.6 Å². The quantitative estimate of drug-likeness (QED) is 0.701. The summed E-state index contributed by atoms with van der Waals surface area (Å²) >= 11 is 0. The monoisotopic (exact) mass is 365 g/mol. The topological polar surface area (TPSA) is 94.9 Å². The zero-order valence-electron chi connectivity index (χ0n) is 15.6. The largest absolute Gasteiger partial charge is 0.368 e. The summed E-state index contributed by atoms with van der Waals surface area (Å²) in [5.41, 5.74) is 7.22. The molecule has 7 heteroatoms. The molecular formula is C20H23N5O2. The Hall–Kier alpha value is -3.35. The van der Waals surface area contributed by atoms with E-state index in [1.54, 1.807) is 4.68 Å². The van der Waals surface area contributed by atoms with Crippen LogP contribution >= 0.6 is 0 Å². The summed E-state index contributed by atoms with van der Waals surface area (Å²) in [5.74, 6) is -0.347. The smallest absolute Gasteiger partial charge is 0.272 e. The van der Waals surface area contributed by atoms with Gasteiger partial charge in [-0.2, -0.15) is 5.10 Å². The van der Waals surface area contributed by atoms with Crippen molar-refractivity contribution < 1.29 is 9.59 Å². The molecule has 2 heterocycles. The van der Waals surface area contributed by atoms with Gasteiger partial charge in [-0.25, -0.2) is 4.68 Å². The van der Waals surface area contributed by atoms with Gasteiger partial charge in [0.2, 0.25) is 5.91 Å². The van der Waals surface area contributed by atoms with Crippen LogP contribution in [0.2, 0.25) is 0 Å². The van der Waals surface area contributed by atoms with E-state index in [2.05, 4.69) is 10.4 Å². The minimum absolute atomic E-state index is 0.119. The van der Waals surface area contributed by atoms with Gasteiger partial charge in [0, 0.05) is 18.0 Å². The van der Waals surface area contributed by atoms with E-state index < -0.39 is 17.9 Å². The third kappa shape index (κ3) is 3.62. The van der Waals surface area contributed by atoms with Crippen LogP contribution in [0.15, 0.2) is 54.9 Å². The maximum Gasteiger partial charge on any atom is 0.272 e. The average Bonchev–Trinajstić information content (AvgIpc) is 3.27. The third-order valence-electron chi connectivity index (χ3n) is 4.42. The van der Waals surface area contributed by atoms with Gasteiger partial charge in [0.05, 0.1) is 5.69 Å². The molecule has 0 aliphatic carbocycles. The van der Waals surface area contributed by atoms with Crippen LogP contribution in [-0.4, -0.2) is 32.2 Å². The van der Waals surface area contributed by atoms with Crippen molar-refractivity contribution in [1.29, 1.82) is 0 Å². The lowest BCUT2D eigenvalue weighted by atomic mass is 10.0. The summed E-state index contributed by atoms with van der Waals surface area (Å²) < 4.78 is 3.62. The summed E-state index contributed by atoms with van der Waals surface area (Å²) in [4.78, 5) is 24.5. The first-order valence-corrected chi connectivity index (χ1v) is 8.78. The minimum atomic E-state index is -0.756. The Kier molecular flexibility index (Phi) is 5.12. The maximum atomic E-state index is 12.8. The van der Waals surface area contributed by atoms with Crippen LogP contribution in [0.3, 0.4) is 0 Å². The van der Waals surface area contributed by atoms with Crippen molar-refractivity contribution >= 4 is 11.8 Å². The molecule has 1 aromatic carbocycles. The number of carbonyl (C=O) groups is 2. The number of primary amides is 1. The highest BCUT2D eigenvalue weighted by Crippen LogP contribution is 2.22. The van der Waals surface area contributed by atoms with Crippen LogP contribution in [-0.2, 0) is 4.79 Å². The average molecular weight is 365 g/mol. The van der Waals surface area contributed by atoms with E-state index in [9.17, 15) is 9.59 Å². The number of aromatic nitrogens is 3. The lowest BCUT2D eigenvalue weighted by Gasteiger charge is -2.18. The number of rotatable bonds is 6. The Morgan fingerprint density at radius 2 is 1.70 bits per heavy atom. The van der Waals surface area contributed by atoms with Crippen molar-refractivity contribution in [2.75, 3.05) is 0 Å². The van der Waals surface area contributed by atoms with E-state index in [1.807, 2.05) is 80.2 Å². The van der Waals surface area contributed by atoms with Gasteiger partial charge in [-0.15, -0.1) is 0 Å². The second-order valence-electron chi connectivity index (χ2n) is 6.73. The van der Waals surface area contributed by atoms with E-state index in [0.29, 0.717) is 5.56 Å². The molecule has 0 bridgehead atoms. The van der Waals surface area contributed by atoms with E-state index >= 15 is 0 Å². The van der Waals surface area contributed by atoms with Gasteiger partial charge in [-0.05, 0) is 37.1 Å². The molecule has 0 spiro atoms. The molecule has 0 unspecified atom stereocenters. The molecule has 27 heavy (non-hydrogen) atoms. The van der Waals surface area contributed by atoms with Crippen molar-refractivity contribution in [3.05, 3.63) is 66.1 Å². The zero-order chi connectivity index (χ0) is 19.6. The number of nitrogens with one attached hydrogen (secondary N) is 1. The van der Waals surface area contributed by atoms with Gasteiger partial charge < -0.3 is 15.6 Å². The van der Waals surface area contributed by atoms with Crippen molar-refractivity contribution in [1.82, 2.24) is 19.7 Å². The lowest BCUT2D eigenvalue weighted by molar-refractivity contribution is -0.120. The van der Waals surface area contributed by atoms with Crippen molar-refractivity contribution in [2.45, 2.75) is 26.8 Å². The number of para-hydroxylation sites is 1. The molecule has 0 fully saturated rings. The number of carbonyl (C=O) groups excluding carboxylic acids is 2. The number of benzene rings is 1. The van der Waals surface area contributed by atoms with Crippen molar-refractivity contribution in [3.63, 3.8) is 0 Å². The molecule has 7 nitrogen and oxygen atoms in total. The first kappa shape index (κ1) is 18.4. The summed E-state index contributed by atoms with van der Waals surface area (Å²) in [6.07, 6.45) is 3.79. The zero-order valence-corrected chi connectivity index (χ0v) is 15.6. The van der Waals surface area contributed by atoms with Crippen molar-refractivity contribution in [2.24, 2.45) is 11.7 Å². The highest BCUT2D eigenvalue weighted by atomic mass is 16.2.